The molecule has 2 N–H and O–H groups in total. The third-order valence-corrected chi connectivity index (χ3v) is 3.61. The van der Waals surface area contributed by atoms with E-state index in [0.717, 1.165) is 43.0 Å². The molecule has 1 aliphatic carbocycles. The van der Waals surface area contributed by atoms with Crippen molar-refractivity contribution in [2.75, 3.05) is 11.9 Å². The van der Waals surface area contributed by atoms with Crippen LogP contribution < -0.4 is 5.32 Å². The Hall–Kier alpha value is -1.16. The van der Waals surface area contributed by atoms with E-state index < -0.39 is 0 Å². The standard InChI is InChI=1S/C13H21N3O/c1-9-10(2)16-13(8-14-9)15-7-11-5-3-4-6-12(11)17/h8,11-12,17H,3-7H2,1-2H3,(H,15,16). The molecule has 0 bridgehead atoms. The van der Waals surface area contributed by atoms with Gasteiger partial charge in [-0.1, -0.05) is 12.8 Å². The average Bonchev–Trinajstić information content (AvgIpc) is 2.32. The average molecular weight is 235 g/mol. The van der Waals surface area contributed by atoms with E-state index in [-0.39, 0.29) is 6.10 Å². The minimum atomic E-state index is -0.157. The lowest BCUT2D eigenvalue weighted by molar-refractivity contribution is 0.0763. The van der Waals surface area contributed by atoms with E-state index in [1.54, 1.807) is 6.20 Å². The molecule has 1 aromatic rings. The Morgan fingerprint density at radius 1 is 1.29 bits per heavy atom. The molecule has 4 heteroatoms. The van der Waals surface area contributed by atoms with Crippen LogP contribution in [0.3, 0.4) is 0 Å². The monoisotopic (exact) mass is 235 g/mol. The van der Waals surface area contributed by atoms with Gasteiger partial charge in [0.1, 0.15) is 5.82 Å². The molecule has 17 heavy (non-hydrogen) atoms. The maximum Gasteiger partial charge on any atom is 0.144 e. The minimum Gasteiger partial charge on any atom is -0.393 e. The SMILES string of the molecule is Cc1ncc(NCC2CCCCC2O)nc1C. The van der Waals surface area contributed by atoms with Gasteiger partial charge in [-0.3, -0.25) is 4.98 Å². The number of aliphatic hydroxyl groups is 1. The van der Waals surface area contributed by atoms with E-state index in [9.17, 15) is 5.11 Å². The van der Waals surface area contributed by atoms with Gasteiger partial charge in [0.15, 0.2) is 0 Å². The van der Waals surface area contributed by atoms with Crippen molar-refractivity contribution in [3.05, 3.63) is 17.6 Å². The molecule has 2 atom stereocenters. The third-order valence-electron chi connectivity index (χ3n) is 3.61. The second-order valence-electron chi connectivity index (χ2n) is 4.92. The lowest BCUT2D eigenvalue weighted by atomic mass is 9.86. The molecular weight excluding hydrogens is 214 g/mol. The van der Waals surface area contributed by atoms with Crippen LogP contribution in [-0.2, 0) is 0 Å². The highest BCUT2D eigenvalue weighted by molar-refractivity contribution is 5.33. The van der Waals surface area contributed by atoms with Crippen molar-refractivity contribution in [1.82, 2.24) is 9.97 Å². The van der Waals surface area contributed by atoms with E-state index in [1.807, 2.05) is 13.8 Å². The van der Waals surface area contributed by atoms with E-state index >= 15 is 0 Å². The van der Waals surface area contributed by atoms with Crippen LogP contribution in [0.5, 0.6) is 0 Å². The Bertz CT molecular complexity index is 381. The Balaban J connectivity index is 1.90. The Morgan fingerprint density at radius 3 is 2.76 bits per heavy atom. The maximum absolute atomic E-state index is 9.87. The molecule has 4 nitrogen and oxygen atoms in total. The number of aromatic nitrogens is 2. The zero-order valence-electron chi connectivity index (χ0n) is 10.6. The van der Waals surface area contributed by atoms with Crippen LogP contribution in [0.2, 0.25) is 0 Å². The van der Waals surface area contributed by atoms with Gasteiger partial charge in [0.2, 0.25) is 0 Å². The summed E-state index contributed by atoms with van der Waals surface area (Å²) >= 11 is 0. The van der Waals surface area contributed by atoms with Crippen LogP contribution >= 0.6 is 0 Å². The second kappa shape index (κ2) is 5.45. The van der Waals surface area contributed by atoms with E-state index in [0.29, 0.717) is 5.92 Å². The van der Waals surface area contributed by atoms with Gasteiger partial charge >= 0.3 is 0 Å². The van der Waals surface area contributed by atoms with Crippen LogP contribution in [0, 0.1) is 19.8 Å². The summed E-state index contributed by atoms with van der Waals surface area (Å²) in [5, 5.41) is 13.1. The summed E-state index contributed by atoms with van der Waals surface area (Å²) in [6.45, 7) is 4.71. The summed E-state index contributed by atoms with van der Waals surface area (Å²) < 4.78 is 0. The van der Waals surface area contributed by atoms with Crippen LogP contribution in [0.15, 0.2) is 6.20 Å². The third kappa shape index (κ3) is 3.16. The zero-order chi connectivity index (χ0) is 12.3. The number of hydrogen-bond acceptors (Lipinski definition) is 4. The number of hydrogen-bond donors (Lipinski definition) is 2. The number of rotatable bonds is 3. The van der Waals surface area contributed by atoms with E-state index in [1.165, 1.54) is 6.42 Å². The van der Waals surface area contributed by atoms with Crippen molar-refractivity contribution < 1.29 is 5.11 Å². The van der Waals surface area contributed by atoms with Gasteiger partial charge in [0.05, 0.1) is 23.7 Å². The van der Waals surface area contributed by atoms with Gasteiger partial charge in [-0.15, -0.1) is 0 Å². The number of aryl methyl sites for hydroxylation is 2. The number of nitrogens with zero attached hydrogens (tertiary/aromatic N) is 2. The molecule has 2 rings (SSSR count). The van der Waals surface area contributed by atoms with Gasteiger partial charge in [0, 0.05) is 12.5 Å². The summed E-state index contributed by atoms with van der Waals surface area (Å²) in [4.78, 5) is 8.70. The van der Waals surface area contributed by atoms with Crippen LogP contribution in [-0.4, -0.2) is 27.7 Å². The highest BCUT2D eigenvalue weighted by atomic mass is 16.3. The van der Waals surface area contributed by atoms with E-state index in [2.05, 4.69) is 15.3 Å². The molecule has 1 saturated carbocycles. The van der Waals surface area contributed by atoms with Crippen molar-refractivity contribution in [2.45, 2.75) is 45.6 Å². The van der Waals surface area contributed by atoms with Crippen molar-refractivity contribution in [2.24, 2.45) is 5.92 Å². The fraction of sp³-hybridized carbons (Fsp3) is 0.692. The van der Waals surface area contributed by atoms with Crippen molar-refractivity contribution in [1.29, 1.82) is 0 Å². The van der Waals surface area contributed by atoms with Gasteiger partial charge in [0.25, 0.3) is 0 Å². The van der Waals surface area contributed by atoms with Gasteiger partial charge in [-0.2, -0.15) is 0 Å². The molecule has 1 aromatic heterocycles. The molecule has 1 aliphatic rings. The first-order valence-electron chi connectivity index (χ1n) is 6.39. The molecular formula is C13H21N3O. The number of nitrogens with one attached hydrogen (secondary N) is 1. The fourth-order valence-electron chi connectivity index (χ4n) is 2.29. The number of anilines is 1. The predicted octanol–water partition coefficient (Wildman–Crippen LogP) is 2.06. The summed E-state index contributed by atoms with van der Waals surface area (Å²) in [5.41, 5.74) is 1.92. The largest absolute Gasteiger partial charge is 0.393 e. The van der Waals surface area contributed by atoms with Crippen molar-refractivity contribution in [3.63, 3.8) is 0 Å². The Morgan fingerprint density at radius 2 is 2.06 bits per heavy atom. The molecule has 0 radical (unpaired) electrons. The molecule has 94 valence electrons. The van der Waals surface area contributed by atoms with Gasteiger partial charge < -0.3 is 10.4 Å². The van der Waals surface area contributed by atoms with Crippen molar-refractivity contribution in [3.8, 4) is 0 Å². The fourth-order valence-corrected chi connectivity index (χ4v) is 2.29. The van der Waals surface area contributed by atoms with Gasteiger partial charge in [-0.05, 0) is 26.7 Å². The first-order valence-corrected chi connectivity index (χ1v) is 6.39. The summed E-state index contributed by atoms with van der Waals surface area (Å²) in [7, 11) is 0. The Labute approximate surface area is 102 Å². The van der Waals surface area contributed by atoms with E-state index in [4.69, 9.17) is 0 Å². The maximum atomic E-state index is 9.87. The smallest absolute Gasteiger partial charge is 0.144 e. The Kier molecular flexibility index (Phi) is 3.94. The first kappa shape index (κ1) is 12.3. The molecule has 2 unspecified atom stereocenters. The second-order valence-corrected chi connectivity index (χ2v) is 4.92. The molecule has 0 amide bonds. The zero-order valence-corrected chi connectivity index (χ0v) is 10.6. The lowest BCUT2D eigenvalue weighted by Crippen LogP contribution is -2.30. The number of aliphatic hydroxyl groups excluding tert-OH is 1. The summed E-state index contributed by atoms with van der Waals surface area (Å²) in [5.74, 6) is 1.16. The summed E-state index contributed by atoms with van der Waals surface area (Å²) in [6.07, 6.45) is 6.02. The predicted molar refractivity (Wildman–Crippen MR) is 68.0 cm³/mol. The van der Waals surface area contributed by atoms with Crippen molar-refractivity contribution >= 4 is 5.82 Å². The van der Waals surface area contributed by atoms with Crippen LogP contribution in [0.4, 0.5) is 5.82 Å². The molecule has 0 aliphatic heterocycles. The molecule has 1 fully saturated rings. The highest BCUT2D eigenvalue weighted by Gasteiger charge is 2.22. The normalized spacial score (nSPS) is 24.6. The molecule has 0 aromatic carbocycles. The molecule has 0 spiro atoms. The quantitative estimate of drug-likeness (QED) is 0.842. The lowest BCUT2D eigenvalue weighted by Gasteiger charge is -2.27. The molecule has 1 heterocycles. The van der Waals surface area contributed by atoms with Crippen LogP contribution in [0.1, 0.15) is 37.1 Å². The van der Waals surface area contributed by atoms with Gasteiger partial charge in [-0.25, -0.2) is 4.98 Å². The molecule has 0 saturated heterocycles. The topological polar surface area (TPSA) is 58.0 Å². The highest BCUT2D eigenvalue weighted by Crippen LogP contribution is 2.24. The van der Waals surface area contributed by atoms with Crippen LogP contribution in [0.25, 0.3) is 0 Å². The summed E-state index contributed by atoms with van der Waals surface area (Å²) in [6, 6.07) is 0. The first-order chi connectivity index (χ1) is 8.16. The minimum absolute atomic E-state index is 0.157.